The fourth-order valence-electron chi connectivity index (χ4n) is 2.39. The lowest BCUT2D eigenvalue weighted by atomic mass is 10.1. The second-order valence-electron chi connectivity index (χ2n) is 6.43. The summed E-state index contributed by atoms with van der Waals surface area (Å²) >= 11 is 5.89. The predicted octanol–water partition coefficient (Wildman–Crippen LogP) is 2.52. The van der Waals surface area contributed by atoms with Gasteiger partial charge in [0, 0.05) is 12.6 Å². The average Bonchev–Trinajstić information content (AvgIpc) is 2.59. The van der Waals surface area contributed by atoms with Crippen molar-refractivity contribution >= 4 is 31.6 Å². The van der Waals surface area contributed by atoms with Crippen LogP contribution in [0.2, 0.25) is 5.02 Å². The molecule has 0 heterocycles. The van der Waals surface area contributed by atoms with Gasteiger partial charge in [-0.05, 0) is 43.2 Å². The number of nitrogens with zero attached hydrogens (tertiary/aromatic N) is 1. The van der Waals surface area contributed by atoms with Gasteiger partial charge in [0.1, 0.15) is 6.07 Å². The molecule has 0 bridgehead atoms. The fourth-order valence-corrected chi connectivity index (χ4v) is 5.15. The molecular formula is C18H20ClN3O4S2. The van der Waals surface area contributed by atoms with Crippen molar-refractivity contribution < 1.29 is 16.8 Å². The van der Waals surface area contributed by atoms with Gasteiger partial charge in [-0.2, -0.15) is 5.26 Å². The maximum atomic E-state index is 12.4. The molecule has 0 saturated carbocycles. The lowest BCUT2D eigenvalue weighted by Crippen LogP contribution is -2.31. The molecule has 28 heavy (non-hydrogen) atoms. The highest BCUT2D eigenvalue weighted by Crippen LogP contribution is 2.20. The van der Waals surface area contributed by atoms with E-state index in [9.17, 15) is 16.8 Å². The van der Waals surface area contributed by atoms with Crippen LogP contribution in [-0.2, 0) is 32.3 Å². The number of sulfonamides is 2. The number of rotatable bonds is 8. The van der Waals surface area contributed by atoms with Gasteiger partial charge in [0.2, 0.25) is 20.0 Å². The largest absolute Gasteiger partial charge is 0.240 e. The van der Waals surface area contributed by atoms with E-state index in [1.54, 1.807) is 38.1 Å². The van der Waals surface area contributed by atoms with E-state index in [2.05, 4.69) is 9.44 Å². The third-order valence-corrected chi connectivity index (χ3v) is 6.89. The van der Waals surface area contributed by atoms with Gasteiger partial charge in [0.25, 0.3) is 0 Å². The van der Waals surface area contributed by atoms with Crippen LogP contribution in [-0.4, -0.2) is 22.9 Å². The summed E-state index contributed by atoms with van der Waals surface area (Å²) in [7, 11) is -7.23. The second-order valence-corrected chi connectivity index (χ2v) is 10.4. The van der Waals surface area contributed by atoms with Crippen molar-refractivity contribution in [1.82, 2.24) is 9.44 Å². The molecule has 0 saturated heterocycles. The summed E-state index contributed by atoms with van der Waals surface area (Å²) in [6.45, 7) is 3.51. The Morgan fingerprint density at radius 3 is 2.18 bits per heavy atom. The first-order valence-corrected chi connectivity index (χ1v) is 11.8. The molecule has 2 rings (SSSR count). The zero-order valence-corrected chi connectivity index (χ0v) is 17.7. The van der Waals surface area contributed by atoms with Crippen LogP contribution in [0.4, 0.5) is 0 Å². The SMILES string of the molecule is CC(C)NS(=O)(=O)Cc1ccc(CNS(=O)(=O)c2ccc(C#N)c(Cl)c2)cc1. The molecular weight excluding hydrogens is 422 g/mol. The summed E-state index contributed by atoms with van der Waals surface area (Å²) in [5.41, 5.74) is 1.46. The first-order chi connectivity index (χ1) is 13.0. The van der Waals surface area contributed by atoms with Crippen molar-refractivity contribution in [2.75, 3.05) is 0 Å². The van der Waals surface area contributed by atoms with E-state index in [1.807, 2.05) is 6.07 Å². The molecule has 0 amide bonds. The molecule has 10 heteroatoms. The quantitative estimate of drug-likeness (QED) is 0.652. The molecule has 150 valence electrons. The van der Waals surface area contributed by atoms with E-state index in [0.29, 0.717) is 11.1 Å². The standard InChI is InChI=1S/C18H20ClN3O4S2/c1-13(2)22-27(23,24)12-15-5-3-14(4-6-15)11-21-28(25,26)17-8-7-16(10-20)18(19)9-17/h3-9,13,21-22H,11-12H2,1-2H3. The van der Waals surface area contributed by atoms with Crippen LogP contribution < -0.4 is 9.44 Å². The fraction of sp³-hybridized carbons (Fsp3) is 0.278. The van der Waals surface area contributed by atoms with E-state index in [0.717, 1.165) is 0 Å². The van der Waals surface area contributed by atoms with Crippen LogP contribution >= 0.6 is 11.6 Å². The molecule has 0 radical (unpaired) electrons. The van der Waals surface area contributed by atoms with Gasteiger partial charge in [0.05, 0.1) is 21.2 Å². The highest BCUT2D eigenvalue weighted by molar-refractivity contribution is 7.89. The van der Waals surface area contributed by atoms with Crippen LogP contribution in [0.25, 0.3) is 0 Å². The van der Waals surface area contributed by atoms with Gasteiger partial charge in [0.15, 0.2) is 0 Å². The first kappa shape index (κ1) is 22.3. The van der Waals surface area contributed by atoms with E-state index < -0.39 is 20.0 Å². The first-order valence-electron chi connectivity index (χ1n) is 8.29. The predicted molar refractivity (Wildman–Crippen MR) is 108 cm³/mol. The van der Waals surface area contributed by atoms with Crippen LogP contribution in [0.15, 0.2) is 47.4 Å². The van der Waals surface area contributed by atoms with Crippen LogP contribution in [0.1, 0.15) is 30.5 Å². The number of hydrogen-bond donors (Lipinski definition) is 2. The van der Waals surface area contributed by atoms with E-state index in [-0.39, 0.29) is 33.8 Å². The summed E-state index contributed by atoms with van der Waals surface area (Å²) in [5.74, 6) is -0.152. The number of halogens is 1. The summed E-state index contributed by atoms with van der Waals surface area (Å²) in [5, 5.41) is 8.92. The molecule has 0 atom stereocenters. The molecule has 0 unspecified atom stereocenters. The third-order valence-electron chi connectivity index (χ3n) is 3.63. The molecule has 7 nitrogen and oxygen atoms in total. The van der Waals surface area contributed by atoms with Crippen LogP contribution in [0, 0.1) is 11.3 Å². The minimum atomic E-state index is -3.81. The van der Waals surface area contributed by atoms with Crippen molar-refractivity contribution in [2.24, 2.45) is 0 Å². The normalized spacial score (nSPS) is 12.1. The Morgan fingerprint density at radius 1 is 1.04 bits per heavy atom. The Bertz CT molecular complexity index is 1090. The Hall–Kier alpha value is -1.96. The summed E-state index contributed by atoms with van der Waals surface area (Å²) in [6, 6.07) is 12.2. The minimum absolute atomic E-state index is 0.0250. The Morgan fingerprint density at radius 2 is 1.64 bits per heavy atom. The van der Waals surface area contributed by atoms with Crippen LogP contribution in [0.5, 0.6) is 0 Å². The highest BCUT2D eigenvalue weighted by Gasteiger charge is 2.16. The third kappa shape index (κ3) is 6.29. The zero-order chi connectivity index (χ0) is 20.9. The van der Waals surface area contributed by atoms with Gasteiger partial charge < -0.3 is 0 Å². The van der Waals surface area contributed by atoms with Crippen molar-refractivity contribution in [3.8, 4) is 6.07 Å². The molecule has 2 aromatic carbocycles. The molecule has 0 aromatic heterocycles. The van der Waals surface area contributed by atoms with E-state index >= 15 is 0 Å². The van der Waals surface area contributed by atoms with Gasteiger partial charge in [-0.3, -0.25) is 0 Å². The maximum absolute atomic E-state index is 12.4. The smallest absolute Gasteiger partial charge is 0.212 e. The van der Waals surface area contributed by atoms with Gasteiger partial charge in [-0.25, -0.2) is 26.3 Å². The number of nitrogens with one attached hydrogen (secondary N) is 2. The molecule has 2 aromatic rings. The summed E-state index contributed by atoms with van der Waals surface area (Å²) in [4.78, 5) is -0.0426. The van der Waals surface area contributed by atoms with Crippen LogP contribution in [0.3, 0.4) is 0 Å². The van der Waals surface area contributed by atoms with Gasteiger partial charge >= 0.3 is 0 Å². The number of benzene rings is 2. The molecule has 2 N–H and O–H groups in total. The monoisotopic (exact) mass is 441 g/mol. The summed E-state index contributed by atoms with van der Waals surface area (Å²) < 4.78 is 53.6. The van der Waals surface area contributed by atoms with Crippen molar-refractivity contribution in [3.05, 3.63) is 64.2 Å². The van der Waals surface area contributed by atoms with E-state index in [4.69, 9.17) is 16.9 Å². The Balaban J connectivity index is 2.05. The van der Waals surface area contributed by atoms with Gasteiger partial charge in [-0.1, -0.05) is 35.9 Å². The van der Waals surface area contributed by atoms with Crippen molar-refractivity contribution in [1.29, 1.82) is 5.26 Å². The topological polar surface area (TPSA) is 116 Å². The van der Waals surface area contributed by atoms with Crippen molar-refractivity contribution in [3.63, 3.8) is 0 Å². The molecule has 0 fully saturated rings. The molecule has 0 spiro atoms. The molecule has 0 aliphatic carbocycles. The van der Waals surface area contributed by atoms with E-state index in [1.165, 1.54) is 18.2 Å². The van der Waals surface area contributed by atoms with Crippen molar-refractivity contribution in [2.45, 2.75) is 37.1 Å². The Labute approximate surface area is 170 Å². The molecule has 0 aliphatic heterocycles. The number of hydrogen-bond acceptors (Lipinski definition) is 5. The Kier molecular flexibility index (Phi) is 7.20. The summed E-state index contributed by atoms with van der Waals surface area (Å²) in [6.07, 6.45) is 0. The highest BCUT2D eigenvalue weighted by atomic mass is 35.5. The second kappa shape index (κ2) is 9.03. The zero-order valence-electron chi connectivity index (χ0n) is 15.3. The maximum Gasteiger partial charge on any atom is 0.240 e. The average molecular weight is 442 g/mol. The minimum Gasteiger partial charge on any atom is -0.212 e. The lowest BCUT2D eigenvalue weighted by Gasteiger charge is -2.10. The number of nitriles is 1. The lowest BCUT2D eigenvalue weighted by molar-refractivity contribution is 0.569. The van der Waals surface area contributed by atoms with Gasteiger partial charge in [-0.15, -0.1) is 0 Å². The molecule has 0 aliphatic rings.